The molecule has 1 saturated heterocycles. The van der Waals surface area contributed by atoms with Gasteiger partial charge in [0.15, 0.2) is 11.5 Å². The molecule has 0 radical (unpaired) electrons. The molecule has 1 N–H and O–H groups in total. The molecular formula is C15H17F2NO5. The lowest BCUT2D eigenvalue weighted by Crippen LogP contribution is -2.30. The first kappa shape index (κ1) is 17.0. The average molecular weight is 329 g/mol. The molecule has 0 unspecified atom stereocenters. The van der Waals surface area contributed by atoms with E-state index < -0.39 is 24.4 Å². The number of rotatable bonds is 5. The number of halogens is 2. The molecule has 1 aliphatic rings. The summed E-state index contributed by atoms with van der Waals surface area (Å²) in [7, 11) is 1.30. The van der Waals surface area contributed by atoms with E-state index in [9.17, 15) is 18.4 Å². The molecule has 126 valence electrons. The average Bonchev–Trinajstić information content (AvgIpc) is 2.88. The van der Waals surface area contributed by atoms with Crippen LogP contribution in [0.4, 0.5) is 8.78 Å². The van der Waals surface area contributed by atoms with Gasteiger partial charge in [0.2, 0.25) is 0 Å². The highest BCUT2D eigenvalue weighted by molar-refractivity contribution is 5.95. The van der Waals surface area contributed by atoms with E-state index in [-0.39, 0.29) is 29.5 Å². The molecule has 2 rings (SSSR count). The number of methoxy groups -OCH3 is 1. The molecule has 1 aromatic carbocycles. The third-order valence-electron chi connectivity index (χ3n) is 3.84. The van der Waals surface area contributed by atoms with Crippen molar-refractivity contribution in [3.63, 3.8) is 0 Å². The fourth-order valence-electron chi connectivity index (χ4n) is 2.63. The predicted octanol–water partition coefficient (Wildman–Crippen LogP) is 2.09. The van der Waals surface area contributed by atoms with Gasteiger partial charge in [0.05, 0.1) is 13.0 Å². The van der Waals surface area contributed by atoms with Crippen molar-refractivity contribution in [1.82, 2.24) is 4.90 Å². The van der Waals surface area contributed by atoms with Gasteiger partial charge >= 0.3 is 12.6 Å². The normalized spacial score (nSPS) is 20.7. The van der Waals surface area contributed by atoms with Crippen molar-refractivity contribution in [1.29, 1.82) is 0 Å². The SMILES string of the molecule is COc1ccc(C(=O)N2C[C@@H](C)[C@H](C(=O)O)C2)cc1OC(F)F. The van der Waals surface area contributed by atoms with Gasteiger partial charge in [-0.2, -0.15) is 8.78 Å². The molecule has 0 saturated carbocycles. The van der Waals surface area contributed by atoms with Crippen molar-refractivity contribution in [3.05, 3.63) is 23.8 Å². The van der Waals surface area contributed by atoms with Crippen LogP contribution in [0.1, 0.15) is 17.3 Å². The van der Waals surface area contributed by atoms with Crippen LogP contribution in [0.25, 0.3) is 0 Å². The molecule has 8 heteroatoms. The number of benzene rings is 1. The number of hydrogen-bond donors (Lipinski definition) is 1. The Morgan fingerprint density at radius 3 is 2.52 bits per heavy atom. The van der Waals surface area contributed by atoms with Crippen LogP contribution in [0, 0.1) is 11.8 Å². The van der Waals surface area contributed by atoms with Crippen molar-refractivity contribution < 1.29 is 33.0 Å². The van der Waals surface area contributed by atoms with E-state index in [2.05, 4.69) is 4.74 Å². The van der Waals surface area contributed by atoms with Crippen LogP contribution >= 0.6 is 0 Å². The van der Waals surface area contributed by atoms with E-state index in [1.807, 2.05) is 0 Å². The number of alkyl halides is 2. The molecule has 1 aromatic rings. The lowest BCUT2D eigenvalue weighted by atomic mass is 9.99. The quantitative estimate of drug-likeness (QED) is 0.895. The fraction of sp³-hybridized carbons (Fsp3) is 0.467. The Bertz CT molecular complexity index is 608. The third-order valence-corrected chi connectivity index (χ3v) is 3.84. The van der Waals surface area contributed by atoms with E-state index in [1.165, 1.54) is 30.2 Å². The first-order valence-corrected chi connectivity index (χ1v) is 6.98. The van der Waals surface area contributed by atoms with Crippen LogP contribution in [0.2, 0.25) is 0 Å². The van der Waals surface area contributed by atoms with Crippen LogP contribution < -0.4 is 9.47 Å². The van der Waals surface area contributed by atoms with Crippen LogP contribution in [-0.4, -0.2) is 48.7 Å². The molecule has 1 fully saturated rings. The van der Waals surface area contributed by atoms with Gasteiger partial charge in [0.25, 0.3) is 5.91 Å². The summed E-state index contributed by atoms with van der Waals surface area (Å²) in [5.74, 6) is -2.34. The number of ether oxygens (including phenoxy) is 2. The zero-order chi connectivity index (χ0) is 17.1. The summed E-state index contributed by atoms with van der Waals surface area (Å²) in [4.78, 5) is 25.0. The third kappa shape index (κ3) is 3.69. The number of carboxylic acid groups (broad SMARTS) is 1. The predicted molar refractivity (Wildman–Crippen MR) is 75.8 cm³/mol. The standard InChI is InChI=1S/C15H17F2NO5/c1-8-6-18(7-10(8)14(20)21)13(19)9-3-4-11(22-2)12(5-9)23-15(16)17/h3-5,8,10,15H,6-7H2,1-2H3,(H,20,21)/t8-,10-/m1/s1. The van der Waals surface area contributed by atoms with Crippen molar-refractivity contribution >= 4 is 11.9 Å². The molecule has 23 heavy (non-hydrogen) atoms. The Morgan fingerprint density at radius 2 is 2.00 bits per heavy atom. The van der Waals surface area contributed by atoms with Gasteiger partial charge in [0.1, 0.15) is 0 Å². The second kappa shape index (κ2) is 6.80. The molecule has 1 heterocycles. The van der Waals surface area contributed by atoms with Crippen LogP contribution in [0.5, 0.6) is 11.5 Å². The van der Waals surface area contributed by atoms with E-state index in [1.54, 1.807) is 6.92 Å². The van der Waals surface area contributed by atoms with Crippen molar-refractivity contribution in [2.45, 2.75) is 13.5 Å². The summed E-state index contributed by atoms with van der Waals surface area (Å²) >= 11 is 0. The van der Waals surface area contributed by atoms with E-state index >= 15 is 0 Å². The van der Waals surface area contributed by atoms with E-state index in [0.29, 0.717) is 6.54 Å². The molecule has 1 aliphatic heterocycles. The largest absolute Gasteiger partial charge is 0.493 e. The molecular weight excluding hydrogens is 312 g/mol. The number of carboxylic acids is 1. The van der Waals surface area contributed by atoms with Gasteiger partial charge in [-0.25, -0.2) is 0 Å². The van der Waals surface area contributed by atoms with Gasteiger partial charge in [-0.1, -0.05) is 6.92 Å². The Morgan fingerprint density at radius 1 is 1.30 bits per heavy atom. The van der Waals surface area contributed by atoms with Gasteiger partial charge in [-0.15, -0.1) is 0 Å². The number of carbonyl (C=O) groups is 2. The highest BCUT2D eigenvalue weighted by Crippen LogP contribution is 2.31. The highest BCUT2D eigenvalue weighted by Gasteiger charge is 2.37. The van der Waals surface area contributed by atoms with Crippen LogP contribution in [0.3, 0.4) is 0 Å². The fourth-order valence-corrected chi connectivity index (χ4v) is 2.63. The summed E-state index contributed by atoms with van der Waals surface area (Å²) < 4.78 is 34.1. The Labute approximate surface area is 131 Å². The second-order valence-corrected chi connectivity index (χ2v) is 5.38. The number of nitrogens with zero attached hydrogens (tertiary/aromatic N) is 1. The van der Waals surface area contributed by atoms with Crippen molar-refractivity contribution in [3.8, 4) is 11.5 Å². The Hall–Kier alpha value is -2.38. The van der Waals surface area contributed by atoms with Gasteiger partial charge in [-0.05, 0) is 24.1 Å². The minimum absolute atomic E-state index is 0.0834. The number of aliphatic carboxylic acids is 1. The monoisotopic (exact) mass is 329 g/mol. The Kier molecular flexibility index (Phi) is 5.02. The molecule has 0 spiro atoms. The van der Waals surface area contributed by atoms with Gasteiger partial charge in [0, 0.05) is 18.7 Å². The number of hydrogen-bond acceptors (Lipinski definition) is 4. The van der Waals surface area contributed by atoms with E-state index in [0.717, 1.165) is 0 Å². The summed E-state index contributed by atoms with van der Waals surface area (Å²) in [6.07, 6.45) is 0. The first-order chi connectivity index (χ1) is 10.8. The molecule has 6 nitrogen and oxygen atoms in total. The summed E-state index contributed by atoms with van der Waals surface area (Å²) in [5, 5.41) is 9.11. The van der Waals surface area contributed by atoms with E-state index in [4.69, 9.17) is 9.84 Å². The van der Waals surface area contributed by atoms with Gasteiger partial charge in [-0.3, -0.25) is 9.59 Å². The highest BCUT2D eigenvalue weighted by atomic mass is 19.3. The smallest absolute Gasteiger partial charge is 0.387 e. The maximum absolute atomic E-state index is 12.4. The number of likely N-dealkylation sites (tertiary alicyclic amines) is 1. The Balaban J connectivity index is 2.21. The molecule has 1 amide bonds. The lowest BCUT2D eigenvalue weighted by molar-refractivity contribution is -0.142. The molecule has 2 atom stereocenters. The molecule has 0 aromatic heterocycles. The van der Waals surface area contributed by atoms with Crippen LogP contribution in [-0.2, 0) is 4.79 Å². The lowest BCUT2D eigenvalue weighted by Gasteiger charge is -2.17. The zero-order valence-corrected chi connectivity index (χ0v) is 12.7. The zero-order valence-electron chi connectivity index (χ0n) is 12.7. The number of amides is 1. The summed E-state index contributed by atoms with van der Waals surface area (Å²) in [5.41, 5.74) is 0.139. The van der Waals surface area contributed by atoms with Crippen molar-refractivity contribution in [2.75, 3.05) is 20.2 Å². The minimum Gasteiger partial charge on any atom is -0.493 e. The maximum atomic E-state index is 12.4. The first-order valence-electron chi connectivity index (χ1n) is 6.98. The van der Waals surface area contributed by atoms with Gasteiger partial charge < -0.3 is 19.5 Å². The van der Waals surface area contributed by atoms with Crippen molar-refractivity contribution in [2.24, 2.45) is 11.8 Å². The van der Waals surface area contributed by atoms with Crippen LogP contribution in [0.15, 0.2) is 18.2 Å². The topological polar surface area (TPSA) is 76.1 Å². The summed E-state index contributed by atoms with van der Waals surface area (Å²) in [6.45, 7) is -0.900. The summed E-state index contributed by atoms with van der Waals surface area (Å²) in [6, 6.07) is 3.96. The molecule has 0 bridgehead atoms. The minimum atomic E-state index is -3.04. The molecule has 0 aliphatic carbocycles. The maximum Gasteiger partial charge on any atom is 0.387 e. The number of carbonyl (C=O) groups excluding carboxylic acids is 1. The second-order valence-electron chi connectivity index (χ2n) is 5.38.